The fourth-order valence-corrected chi connectivity index (χ4v) is 0.798. The molecular weight excluding hydrogens is 172 g/mol. The molecule has 1 amide bonds. The Morgan fingerprint density at radius 3 is 2.00 bits per heavy atom. The zero-order valence-corrected chi connectivity index (χ0v) is 8.07. The fourth-order valence-electron chi connectivity index (χ4n) is 0.798. The van der Waals surface area contributed by atoms with Gasteiger partial charge in [-0.25, -0.2) is 4.79 Å². The molecule has 0 spiro atoms. The van der Waals surface area contributed by atoms with Gasteiger partial charge in [0.2, 0.25) is 5.91 Å². The van der Waals surface area contributed by atoms with Crippen LogP contribution in [-0.4, -0.2) is 29.1 Å². The maximum Gasteiger partial charge on any atom is 0.326 e. The lowest BCUT2D eigenvalue weighted by Crippen LogP contribution is -2.49. The maximum atomic E-state index is 11.1. The summed E-state index contributed by atoms with van der Waals surface area (Å²) < 4.78 is 0. The number of nitrogens with two attached hydrogens (primary N) is 1. The Morgan fingerprint density at radius 1 is 1.31 bits per heavy atom. The molecule has 0 aliphatic rings. The second-order valence-corrected chi connectivity index (χ2v) is 3.36. The molecule has 76 valence electrons. The number of carbonyl (C=O) groups excluding carboxylic acids is 1. The van der Waals surface area contributed by atoms with Gasteiger partial charge in [-0.3, -0.25) is 4.79 Å². The number of nitrogens with one attached hydrogen (secondary N) is 1. The van der Waals surface area contributed by atoms with E-state index in [1.165, 1.54) is 6.92 Å². The molecule has 0 aliphatic carbocycles. The van der Waals surface area contributed by atoms with Crippen molar-refractivity contribution in [3.63, 3.8) is 0 Å². The Kier molecular flexibility index (Phi) is 4.40. The van der Waals surface area contributed by atoms with Crippen molar-refractivity contribution in [1.29, 1.82) is 0 Å². The van der Waals surface area contributed by atoms with Crippen molar-refractivity contribution < 1.29 is 14.7 Å². The minimum Gasteiger partial charge on any atom is -0.480 e. The van der Waals surface area contributed by atoms with Gasteiger partial charge in [0, 0.05) is 0 Å². The average molecular weight is 188 g/mol. The van der Waals surface area contributed by atoms with Gasteiger partial charge in [-0.1, -0.05) is 13.8 Å². The topological polar surface area (TPSA) is 92.4 Å². The van der Waals surface area contributed by atoms with Crippen LogP contribution in [-0.2, 0) is 9.59 Å². The van der Waals surface area contributed by atoms with Crippen LogP contribution in [0.3, 0.4) is 0 Å². The molecule has 0 aromatic rings. The van der Waals surface area contributed by atoms with Crippen molar-refractivity contribution in [1.82, 2.24) is 5.32 Å². The summed E-state index contributed by atoms with van der Waals surface area (Å²) in [5.41, 5.74) is 5.28. The SMILES string of the molecule is CC(C)C(NC(=O)[C@H](C)N)C(=O)O. The summed E-state index contributed by atoms with van der Waals surface area (Å²) in [7, 11) is 0. The van der Waals surface area contributed by atoms with Crippen LogP contribution in [0.1, 0.15) is 20.8 Å². The molecule has 13 heavy (non-hydrogen) atoms. The Labute approximate surface area is 77.3 Å². The number of amides is 1. The second kappa shape index (κ2) is 4.81. The first kappa shape index (κ1) is 11.9. The number of hydrogen-bond acceptors (Lipinski definition) is 3. The molecule has 0 rings (SSSR count). The minimum atomic E-state index is -1.04. The number of carboxylic acid groups (broad SMARTS) is 1. The van der Waals surface area contributed by atoms with Crippen LogP contribution in [0.25, 0.3) is 0 Å². The normalized spacial score (nSPS) is 15.2. The van der Waals surface area contributed by atoms with Gasteiger partial charge in [-0.2, -0.15) is 0 Å². The van der Waals surface area contributed by atoms with Crippen LogP contribution >= 0.6 is 0 Å². The highest BCUT2D eigenvalue weighted by Gasteiger charge is 2.24. The van der Waals surface area contributed by atoms with Gasteiger partial charge < -0.3 is 16.2 Å². The summed E-state index contributed by atoms with van der Waals surface area (Å²) in [6.45, 7) is 4.95. The Morgan fingerprint density at radius 2 is 1.77 bits per heavy atom. The predicted molar refractivity (Wildman–Crippen MR) is 48.1 cm³/mol. The first-order chi connectivity index (χ1) is 5.86. The summed E-state index contributed by atoms with van der Waals surface area (Å²) in [6, 6.07) is -1.54. The molecule has 1 unspecified atom stereocenters. The number of aliphatic carboxylic acids is 1. The Bertz CT molecular complexity index is 202. The van der Waals surface area contributed by atoms with Gasteiger partial charge in [0.1, 0.15) is 6.04 Å². The maximum absolute atomic E-state index is 11.1. The van der Waals surface area contributed by atoms with E-state index in [2.05, 4.69) is 5.32 Å². The van der Waals surface area contributed by atoms with Crippen LogP contribution in [0.5, 0.6) is 0 Å². The van der Waals surface area contributed by atoms with Crippen molar-refractivity contribution in [2.75, 3.05) is 0 Å². The summed E-state index contributed by atoms with van der Waals surface area (Å²) in [5.74, 6) is -1.63. The lowest BCUT2D eigenvalue weighted by atomic mass is 10.0. The van der Waals surface area contributed by atoms with Gasteiger partial charge in [-0.15, -0.1) is 0 Å². The van der Waals surface area contributed by atoms with E-state index in [0.29, 0.717) is 0 Å². The van der Waals surface area contributed by atoms with Gasteiger partial charge in [-0.05, 0) is 12.8 Å². The van der Waals surface area contributed by atoms with Crippen LogP contribution in [0.15, 0.2) is 0 Å². The molecule has 5 nitrogen and oxygen atoms in total. The van der Waals surface area contributed by atoms with Gasteiger partial charge in [0.05, 0.1) is 6.04 Å². The second-order valence-electron chi connectivity index (χ2n) is 3.36. The zero-order chi connectivity index (χ0) is 10.6. The Hall–Kier alpha value is -1.10. The number of carbonyl (C=O) groups is 2. The summed E-state index contributed by atoms with van der Waals surface area (Å²) >= 11 is 0. The van der Waals surface area contributed by atoms with Crippen molar-refractivity contribution in [2.45, 2.75) is 32.9 Å². The number of carboxylic acids is 1. The van der Waals surface area contributed by atoms with Crippen molar-refractivity contribution >= 4 is 11.9 Å². The van der Waals surface area contributed by atoms with E-state index in [1.807, 2.05) is 0 Å². The van der Waals surface area contributed by atoms with Gasteiger partial charge in [0.15, 0.2) is 0 Å². The zero-order valence-electron chi connectivity index (χ0n) is 8.07. The quantitative estimate of drug-likeness (QED) is 0.557. The molecule has 0 fully saturated rings. The molecular formula is C8H16N2O3. The molecule has 2 atom stereocenters. The molecule has 0 heterocycles. The summed E-state index contributed by atoms with van der Waals surface area (Å²) in [6.07, 6.45) is 0. The molecule has 0 aliphatic heterocycles. The lowest BCUT2D eigenvalue weighted by molar-refractivity contribution is -0.143. The van der Waals surface area contributed by atoms with Crippen molar-refractivity contribution in [3.05, 3.63) is 0 Å². The number of hydrogen-bond donors (Lipinski definition) is 3. The molecule has 0 radical (unpaired) electrons. The van der Waals surface area contributed by atoms with E-state index in [4.69, 9.17) is 10.8 Å². The first-order valence-corrected chi connectivity index (χ1v) is 4.15. The molecule has 0 saturated carbocycles. The van der Waals surface area contributed by atoms with E-state index < -0.39 is 24.0 Å². The summed E-state index contributed by atoms with van der Waals surface area (Å²) in [5, 5.41) is 11.1. The van der Waals surface area contributed by atoms with Gasteiger partial charge >= 0.3 is 5.97 Å². The lowest BCUT2D eigenvalue weighted by Gasteiger charge is -2.18. The highest BCUT2D eigenvalue weighted by Crippen LogP contribution is 2.01. The smallest absolute Gasteiger partial charge is 0.326 e. The molecule has 5 heteroatoms. The molecule has 0 aromatic heterocycles. The molecule has 0 bridgehead atoms. The monoisotopic (exact) mass is 188 g/mol. The van der Waals surface area contributed by atoms with E-state index in [0.717, 1.165) is 0 Å². The van der Waals surface area contributed by atoms with E-state index in [-0.39, 0.29) is 5.92 Å². The highest BCUT2D eigenvalue weighted by atomic mass is 16.4. The third-order valence-corrected chi connectivity index (χ3v) is 1.64. The van der Waals surface area contributed by atoms with Gasteiger partial charge in [0.25, 0.3) is 0 Å². The standard InChI is InChI=1S/C8H16N2O3/c1-4(2)6(8(12)13)10-7(11)5(3)9/h4-6H,9H2,1-3H3,(H,10,11)(H,12,13)/t5-,6?/m0/s1. The molecule has 4 N–H and O–H groups in total. The minimum absolute atomic E-state index is 0.153. The third-order valence-electron chi connectivity index (χ3n) is 1.64. The largest absolute Gasteiger partial charge is 0.480 e. The predicted octanol–water partition coefficient (Wildman–Crippen LogP) is -0.441. The van der Waals surface area contributed by atoms with E-state index >= 15 is 0 Å². The third kappa shape index (κ3) is 3.89. The number of rotatable bonds is 4. The molecule has 0 aromatic carbocycles. The highest BCUT2D eigenvalue weighted by molar-refractivity contribution is 5.86. The van der Waals surface area contributed by atoms with Crippen LogP contribution in [0.2, 0.25) is 0 Å². The van der Waals surface area contributed by atoms with Crippen molar-refractivity contribution in [3.8, 4) is 0 Å². The fraction of sp³-hybridized carbons (Fsp3) is 0.750. The van der Waals surface area contributed by atoms with E-state index in [9.17, 15) is 9.59 Å². The molecule has 0 saturated heterocycles. The Balaban J connectivity index is 4.27. The van der Waals surface area contributed by atoms with Crippen molar-refractivity contribution in [2.24, 2.45) is 11.7 Å². The van der Waals surface area contributed by atoms with Crippen LogP contribution in [0.4, 0.5) is 0 Å². The van der Waals surface area contributed by atoms with E-state index in [1.54, 1.807) is 13.8 Å². The van der Waals surface area contributed by atoms with Crippen LogP contribution < -0.4 is 11.1 Å². The first-order valence-electron chi connectivity index (χ1n) is 4.15. The van der Waals surface area contributed by atoms with Crippen LogP contribution in [0, 0.1) is 5.92 Å². The average Bonchev–Trinajstić information content (AvgIpc) is 1.97. The summed E-state index contributed by atoms with van der Waals surface area (Å²) in [4.78, 5) is 21.7.